The van der Waals surface area contributed by atoms with Gasteiger partial charge in [0, 0.05) is 10.9 Å². The molecule has 4 nitrogen and oxygen atoms in total. The van der Waals surface area contributed by atoms with Gasteiger partial charge in [0.25, 0.3) is 0 Å². The van der Waals surface area contributed by atoms with Crippen molar-refractivity contribution in [1.29, 1.82) is 0 Å². The number of rotatable bonds is 4. The van der Waals surface area contributed by atoms with Gasteiger partial charge in [0.1, 0.15) is 0 Å². The first-order chi connectivity index (χ1) is 8.04. The lowest BCUT2D eigenvalue weighted by Gasteiger charge is -2.01. The Hall–Kier alpha value is -1.49. The highest BCUT2D eigenvalue weighted by molar-refractivity contribution is 9.10. The van der Waals surface area contributed by atoms with Crippen molar-refractivity contribution in [3.8, 4) is 0 Å². The molecule has 1 aromatic rings. The number of halogens is 1. The fourth-order valence-corrected chi connectivity index (χ4v) is 1.38. The van der Waals surface area contributed by atoms with Crippen molar-refractivity contribution in [2.75, 3.05) is 0 Å². The average molecular weight is 299 g/mol. The molecule has 0 aliphatic carbocycles. The topological polar surface area (TPSA) is 60.4 Å². The highest BCUT2D eigenvalue weighted by Gasteiger charge is 2.19. The van der Waals surface area contributed by atoms with Gasteiger partial charge < -0.3 is 4.74 Å². The maximum Gasteiger partial charge on any atom is 0.382 e. The molecule has 0 spiro atoms. The van der Waals surface area contributed by atoms with E-state index in [0.29, 0.717) is 6.42 Å². The number of ketones is 1. The Bertz CT molecular complexity index is 436. The van der Waals surface area contributed by atoms with Crippen LogP contribution in [-0.2, 0) is 14.3 Å². The van der Waals surface area contributed by atoms with Gasteiger partial charge in [0.05, 0.1) is 5.56 Å². The molecule has 0 atom stereocenters. The highest BCUT2D eigenvalue weighted by Crippen LogP contribution is 2.11. The molecule has 90 valence electrons. The monoisotopic (exact) mass is 298 g/mol. The summed E-state index contributed by atoms with van der Waals surface area (Å²) in [5.41, 5.74) is 0.228. The molecule has 0 N–H and O–H groups in total. The Balaban J connectivity index is 2.63. The van der Waals surface area contributed by atoms with Crippen LogP contribution in [0.4, 0.5) is 0 Å². The molecule has 1 aromatic carbocycles. The van der Waals surface area contributed by atoms with Gasteiger partial charge in [-0.05, 0) is 30.7 Å². The summed E-state index contributed by atoms with van der Waals surface area (Å²) in [4.78, 5) is 33.8. The number of carbonyl (C=O) groups excluding carboxylic acids is 3. The molecule has 0 radical (unpaired) electrons. The molecule has 1 rings (SSSR count). The lowest BCUT2D eigenvalue weighted by atomic mass is 10.2. The third-order valence-corrected chi connectivity index (χ3v) is 2.50. The van der Waals surface area contributed by atoms with Gasteiger partial charge in [-0.3, -0.25) is 4.79 Å². The first-order valence-corrected chi connectivity index (χ1v) is 5.88. The Labute approximate surface area is 107 Å². The number of ether oxygens (including phenoxy) is 1. The zero-order valence-corrected chi connectivity index (χ0v) is 10.8. The van der Waals surface area contributed by atoms with Gasteiger partial charge in [0.2, 0.25) is 5.78 Å². The van der Waals surface area contributed by atoms with Crippen molar-refractivity contribution in [1.82, 2.24) is 0 Å². The number of hydrogen-bond donors (Lipinski definition) is 0. The Morgan fingerprint density at radius 2 is 1.76 bits per heavy atom. The van der Waals surface area contributed by atoms with Crippen molar-refractivity contribution in [2.45, 2.75) is 19.8 Å². The van der Waals surface area contributed by atoms with Crippen molar-refractivity contribution in [2.24, 2.45) is 0 Å². The minimum atomic E-state index is -1.10. The smallest absolute Gasteiger partial charge is 0.382 e. The molecule has 0 saturated heterocycles. The second kappa shape index (κ2) is 6.30. The van der Waals surface area contributed by atoms with Gasteiger partial charge in [0.15, 0.2) is 0 Å². The number of esters is 2. The lowest BCUT2D eigenvalue weighted by molar-refractivity contribution is -0.149. The molecule has 0 aliphatic rings. The molecular weight excluding hydrogens is 288 g/mol. The molecule has 5 heteroatoms. The van der Waals surface area contributed by atoms with E-state index < -0.39 is 17.7 Å². The van der Waals surface area contributed by atoms with Crippen LogP contribution < -0.4 is 0 Å². The van der Waals surface area contributed by atoms with Gasteiger partial charge >= 0.3 is 11.9 Å². The highest BCUT2D eigenvalue weighted by atomic mass is 79.9. The maximum absolute atomic E-state index is 11.5. The summed E-state index contributed by atoms with van der Waals surface area (Å²) in [6.07, 6.45) is 0.632. The Kier molecular flexibility index (Phi) is 5.03. The largest absolute Gasteiger partial charge is 0.384 e. The van der Waals surface area contributed by atoms with Crippen molar-refractivity contribution in [3.05, 3.63) is 34.3 Å². The van der Waals surface area contributed by atoms with E-state index in [-0.39, 0.29) is 12.0 Å². The molecular formula is C12H11BrO4. The summed E-state index contributed by atoms with van der Waals surface area (Å²) in [6.45, 7) is 1.77. The molecule has 0 bridgehead atoms. The quantitative estimate of drug-likeness (QED) is 0.487. The Morgan fingerprint density at radius 3 is 2.29 bits per heavy atom. The van der Waals surface area contributed by atoms with E-state index in [1.54, 1.807) is 19.1 Å². The van der Waals surface area contributed by atoms with Crippen LogP contribution in [0.25, 0.3) is 0 Å². The first kappa shape index (κ1) is 13.6. The number of Topliss-reactive ketones (excluding diaryl/α,β-unsaturated/α-hetero) is 1. The number of benzene rings is 1. The van der Waals surface area contributed by atoms with Gasteiger partial charge in [-0.1, -0.05) is 22.9 Å². The summed E-state index contributed by atoms with van der Waals surface area (Å²) in [7, 11) is 0. The van der Waals surface area contributed by atoms with Crippen LogP contribution in [0.1, 0.15) is 30.1 Å². The third kappa shape index (κ3) is 4.11. The summed E-state index contributed by atoms with van der Waals surface area (Å²) in [5, 5.41) is 0. The first-order valence-electron chi connectivity index (χ1n) is 5.09. The standard InChI is InChI=1S/C12H11BrO4/c1-2-3-10(14)12(16)17-11(15)8-4-6-9(13)7-5-8/h4-7H,2-3H2,1H3. The van der Waals surface area contributed by atoms with Crippen LogP contribution in [0.3, 0.4) is 0 Å². The molecule has 17 heavy (non-hydrogen) atoms. The van der Waals surface area contributed by atoms with E-state index in [2.05, 4.69) is 20.7 Å². The third-order valence-electron chi connectivity index (χ3n) is 1.97. The minimum Gasteiger partial charge on any atom is -0.384 e. The van der Waals surface area contributed by atoms with Crippen LogP contribution in [0.2, 0.25) is 0 Å². The lowest BCUT2D eigenvalue weighted by Crippen LogP contribution is -2.21. The SMILES string of the molecule is CCCC(=O)C(=O)OC(=O)c1ccc(Br)cc1. The molecule has 0 amide bonds. The van der Waals surface area contributed by atoms with E-state index in [1.807, 2.05) is 0 Å². The molecule has 0 aromatic heterocycles. The van der Waals surface area contributed by atoms with Crippen molar-refractivity contribution in [3.63, 3.8) is 0 Å². The summed E-state index contributed by atoms with van der Waals surface area (Å²) in [6, 6.07) is 6.30. The van der Waals surface area contributed by atoms with Crippen LogP contribution in [0, 0.1) is 0 Å². The van der Waals surface area contributed by atoms with Crippen molar-refractivity contribution >= 4 is 33.7 Å². The maximum atomic E-state index is 11.5. The van der Waals surface area contributed by atoms with Gasteiger partial charge in [-0.25, -0.2) is 9.59 Å². The fraction of sp³-hybridized carbons (Fsp3) is 0.250. The van der Waals surface area contributed by atoms with E-state index >= 15 is 0 Å². The number of hydrogen-bond acceptors (Lipinski definition) is 4. The van der Waals surface area contributed by atoms with E-state index in [0.717, 1.165) is 4.47 Å². The average Bonchev–Trinajstić information content (AvgIpc) is 2.30. The van der Waals surface area contributed by atoms with E-state index in [1.165, 1.54) is 12.1 Å². The van der Waals surface area contributed by atoms with Crippen LogP contribution in [0.5, 0.6) is 0 Å². The van der Waals surface area contributed by atoms with E-state index in [4.69, 9.17) is 0 Å². The normalized spacial score (nSPS) is 9.76. The zero-order chi connectivity index (χ0) is 12.8. The zero-order valence-electron chi connectivity index (χ0n) is 9.23. The molecule has 0 fully saturated rings. The summed E-state index contributed by atoms with van der Waals surface area (Å²) < 4.78 is 5.26. The van der Waals surface area contributed by atoms with E-state index in [9.17, 15) is 14.4 Å². The van der Waals surface area contributed by atoms with Crippen LogP contribution in [0.15, 0.2) is 28.7 Å². The minimum absolute atomic E-state index is 0.0897. The predicted octanol–water partition coefficient (Wildman–Crippen LogP) is 2.50. The predicted molar refractivity (Wildman–Crippen MR) is 64.5 cm³/mol. The second-order valence-electron chi connectivity index (χ2n) is 3.36. The fourth-order valence-electron chi connectivity index (χ4n) is 1.12. The van der Waals surface area contributed by atoms with Gasteiger partial charge in [-0.15, -0.1) is 0 Å². The van der Waals surface area contributed by atoms with Gasteiger partial charge in [-0.2, -0.15) is 0 Å². The second-order valence-corrected chi connectivity index (χ2v) is 4.27. The Morgan fingerprint density at radius 1 is 1.18 bits per heavy atom. The molecule has 0 aliphatic heterocycles. The van der Waals surface area contributed by atoms with Crippen LogP contribution >= 0.6 is 15.9 Å². The number of carbonyl (C=O) groups is 3. The van der Waals surface area contributed by atoms with Crippen LogP contribution in [-0.4, -0.2) is 17.7 Å². The molecule has 0 saturated carbocycles. The van der Waals surface area contributed by atoms with Crippen molar-refractivity contribution < 1.29 is 19.1 Å². The molecule has 0 unspecified atom stereocenters. The summed E-state index contributed by atoms with van der Waals surface area (Å²) in [5.74, 6) is -2.59. The summed E-state index contributed by atoms with van der Waals surface area (Å²) >= 11 is 3.22. The molecule has 0 heterocycles.